The minimum absolute atomic E-state index is 0.0401. The van der Waals surface area contributed by atoms with Crippen LogP contribution in [-0.4, -0.2) is 46.5 Å². The van der Waals surface area contributed by atoms with E-state index in [-0.39, 0.29) is 12.4 Å². The first-order valence-electron chi connectivity index (χ1n) is 5.76. The molecular weight excluding hydrogens is 228 g/mol. The van der Waals surface area contributed by atoms with Crippen LogP contribution in [0.25, 0.3) is 0 Å². The van der Waals surface area contributed by atoms with Crippen LogP contribution in [-0.2, 0) is 14.8 Å². The minimum Gasteiger partial charge on any atom is -0.381 e. The molecule has 0 bridgehead atoms. The van der Waals surface area contributed by atoms with Crippen LogP contribution in [0.4, 0.5) is 0 Å². The second-order valence-electron chi connectivity index (χ2n) is 3.87. The van der Waals surface area contributed by atoms with Crippen molar-refractivity contribution >= 4 is 10.0 Å². The van der Waals surface area contributed by atoms with Gasteiger partial charge in [0.05, 0.1) is 12.4 Å². The first kappa shape index (κ1) is 15.8. The number of ether oxygens (including phenoxy) is 1. The molecule has 0 aromatic carbocycles. The summed E-state index contributed by atoms with van der Waals surface area (Å²) in [5, 5.41) is 3.22. The Bertz CT molecular complexity index is 253. The van der Waals surface area contributed by atoms with Crippen molar-refractivity contribution in [3.05, 3.63) is 0 Å². The predicted molar refractivity (Wildman–Crippen MR) is 66.0 cm³/mol. The van der Waals surface area contributed by atoms with E-state index in [1.54, 1.807) is 0 Å². The first-order valence-corrected chi connectivity index (χ1v) is 7.41. The van der Waals surface area contributed by atoms with E-state index in [9.17, 15) is 8.42 Å². The van der Waals surface area contributed by atoms with Crippen molar-refractivity contribution in [1.29, 1.82) is 0 Å². The molecule has 0 saturated carbocycles. The number of hydrogen-bond acceptors (Lipinski definition) is 4. The van der Waals surface area contributed by atoms with Crippen LogP contribution in [0.15, 0.2) is 0 Å². The molecule has 0 amide bonds. The third kappa shape index (κ3) is 10.4. The van der Waals surface area contributed by atoms with Crippen molar-refractivity contribution in [2.24, 2.45) is 0 Å². The average Bonchev–Trinajstić information content (AvgIpc) is 2.16. The molecule has 0 rings (SSSR count). The molecule has 2 N–H and O–H groups in total. The largest absolute Gasteiger partial charge is 0.381 e. The first-order chi connectivity index (χ1) is 7.48. The predicted octanol–water partition coefficient (Wildman–Crippen LogP) is 0.330. The Labute approximate surface area is 99.0 Å². The van der Waals surface area contributed by atoms with E-state index in [1.807, 2.05) is 6.92 Å². The zero-order chi connectivity index (χ0) is 12.4. The summed E-state index contributed by atoms with van der Waals surface area (Å²) >= 11 is 0. The highest BCUT2D eigenvalue weighted by atomic mass is 32.2. The van der Waals surface area contributed by atoms with Gasteiger partial charge in [-0.05, 0) is 19.9 Å². The van der Waals surface area contributed by atoms with E-state index in [0.717, 1.165) is 13.0 Å². The summed E-state index contributed by atoms with van der Waals surface area (Å²) in [6.07, 6.45) is 0.798. The fraction of sp³-hybridized carbons (Fsp3) is 1.00. The van der Waals surface area contributed by atoms with Gasteiger partial charge in [0.1, 0.15) is 0 Å². The fourth-order valence-corrected chi connectivity index (χ4v) is 2.03. The van der Waals surface area contributed by atoms with E-state index in [1.165, 1.54) is 0 Å². The third-order valence-corrected chi connectivity index (χ3v) is 3.28. The smallest absolute Gasteiger partial charge is 0.213 e. The summed E-state index contributed by atoms with van der Waals surface area (Å²) in [5.41, 5.74) is 0. The van der Waals surface area contributed by atoms with E-state index in [4.69, 9.17) is 4.74 Å². The maximum atomic E-state index is 11.4. The zero-order valence-corrected chi connectivity index (χ0v) is 11.3. The maximum Gasteiger partial charge on any atom is 0.213 e. The zero-order valence-electron chi connectivity index (χ0n) is 10.5. The quantitative estimate of drug-likeness (QED) is 0.550. The highest BCUT2D eigenvalue weighted by molar-refractivity contribution is 7.89. The Balaban J connectivity index is 3.51. The van der Waals surface area contributed by atoms with Crippen LogP contribution < -0.4 is 10.0 Å². The van der Waals surface area contributed by atoms with Crippen LogP contribution >= 0.6 is 0 Å². The van der Waals surface area contributed by atoms with Gasteiger partial charge in [0.15, 0.2) is 0 Å². The second-order valence-corrected chi connectivity index (χ2v) is 5.80. The molecule has 0 radical (unpaired) electrons. The summed E-state index contributed by atoms with van der Waals surface area (Å²) in [4.78, 5) is 0. The number of rotatable bonds is 10. The summed E-state index contributed by atoms with van der Waals surface area (Å²) in [7, 11) is -3.16. The van der Waals surface area contributed by atoms with Gasteiger partial charge in [0.2, 0.25) is 10.0 Å². The normalized spacial score (nSPS) is 12.2. The molecule has 0 unspecified atom stereocenters. The Morgan fingerprint density at radius 3 is 2.50 bits per heavy atom. The van der Waals surface area contributed by atoms with Gasteiger partial charge in [-0.25, -0.2) is 13.1 Å². The van der Waals surface area contributed by atoms with Crippen LogP contribution in [0.3, 0.4) is 0 Å². The summed E-state index contributed by atoms with van der Waals surface area (Å²) < 4.78 is 30.3. The van der Waals surface area contributed by atoms with Crippen LogP contribution in [0.5, 0.6) is 0 Å². The fourth-order valence-electron chi connectivity index (χ4n) is 1.09. The lowest BCUT2D eigenvalue weighted by atomic mass is 10.3. The van der Waals surface area contributed by atoms with Crippen molar-refractivity contribution in [3.8, 4) is 0 Å². The van der Waals surface area contributed by atoms with Gasteiger partial charge >= 0.3 is 0 Å². The summed E-state index contributed by atoms with van der Waals surface area (Å²) in [5.74, 6) is 0.0401. The van der Waals surface area contributed by atoms with E-state index >= 15 is 0 Å². The van der Waals surface area contributed by atoms with Crippen molar-refractivity contribution in [2.45, 2.75) is 33.2 Å². The molecule has 0 aromatic rings. The van der Waals surface area contributed by atoms with E-state index < -0.39 is 10.0 Å². The van der Waals surface area contributed by atoms with Gasteiger partial charge in [-0.1, -0.05) is 13.8 Å². The summed E-state index contributed by atoms with van der Waals surface area (Å²) in [6, 6.07) is 0.439. The molecule has 0 fully saturated rings. The standard InChI is InChI=1S/C10H24N2O3S/c1-4-15-8-9-16(13,14)12-7-5-6-11-10(2)3/h10-12H,4-9H2,1-3H3. The number of nitrogens with one attached hydrogen (secondary N) is 2. The molecule has 0 atom stereocenters. The van der Waals surface area contributed by atoms with Gasteiger partial charge in [-0.3, -0.25) is 0 Å². The molecule has 6 heteroatoms. The Morgan fingerprint density at radius 2 is 1.94 bits per heavy atom. The van der Waals surface area contributed by atoms with Crippen LogP contribution in [0.2, 0.25) is 0 Å². The highest BCUT2D eigenvalue weighted by Gasteiger charge is 2.08. The van der Waals surface area contributed by atoms with Crippen molar-refractivity contribution < 1.29 is 13.2 Å². The molecule has 0 aliphatic carbocycles. The monoisotopic (exact) mass is 252 g/mol. The maximum absolute atomic E-state index is 11.4. The number of hydrogen-bond donors (Lipinski definition) is 2. The van der Waals surface area contributed by atoms with E-state index in [0.29, 0.717) is 19.2 Å². The van der Waals surface area contributed by atoms with Gasteiger partial charge in [0, 0.05) is 19.2 Å². The molecule has 16 heavy (non-hydrogen) atoms. The average molecular weight is 252 g/mol. The topological polar surface area (TPSA) is 67.4 Å². The summed E-state index contributed by atoms with van der Waals surface area (Å²) in [6.45, 7) is 8.08. The molecule has 0 aliphatic rings. The Morgan fingerprint density at radius 1 is 1.25 bits per heavy atom. The van der Waals surface area contributed by atoms with Gasteiger partial charge in [-0.2, -0.15) is 0 Å². The highest BCUT2D eigenvalue weighted by Crippen LogP contribution is 1.87. The molecule has 98 valence electrons. The van der Waals surface area contributed by atoms with Gasteiger partial charge in [0.25, 0.3) is 0 Å². The Hall–Kier alpha value is -0.170. The lowest BCUT2D eigenvalue weighted by molar-refractivity contribution is 0.163. The number of sulfonamides is 1. The SMILES string of the molecule is CCOCCS(=O)(=O)NCCCNC(C)C. The van der Waals surface area contributed by atoms with Crippen molar-refractivity contribution in [1.82, 2.24) is 10.0 Å². The van der Waals surface area contributed by atoms with Crippen molar-refractivity contribution in [2.75, 3.05) is 32.1 Å². The molecule has 0 saturated heterocycles. The Kier molecular flexibility index (Phi) is 8.83. The third-order valence-electron chi connectivity index (χ3n) is 1.93. The molecule has 0 aromatic heterocycles. The van der Waals surface area contributed by atoms with Gasteiger partial charge < -0.3 is 10.1 Å². The second kappa shape index (κ2) is 8.92. The van der Waals surface area contributed by atoms with E-state index in [2.05, 4.69) is 23.9 Å². The van der Waals surface area contributed by atoms with Gasteiger partial charge in [-0.15, -0.1) is 0 Å². The van der Waals surface area contributed by atoms with Crippen LogP contribution in [0, 0.1) is 0 Å². The molecule has 0 aliphatic heterocycles. The molecule has 0 spiro atoms. The lowest BCUT2D eigenvalue weighted by Gasteiger charge is -2.09. The molecular formula is C10H24N2O3S. The minimum atomic E-state index is -3.16. The lowest BCUT2D eigenvalue weighted by Crippen LogP contribution is -2.32. The van der Waals surface area contributed by atoms with Crippen LogP contribution in [0.1, 0.15) is 27.2 Å². The van der Waals surface area contributed by atoms with Crippen molar-refractivity contribution in [3.63, 3.8) is 0 Å². The molecule has 5 nitrogen and oxygen atoms in total. The molecule has 0 heterocycles.